The van der Waals surface area contributed by atoms with Gasteiger partial charge >= 0.3 is 0 Å². The third kappa shape index (κ3) is 3.99. The lowest BCUT2D eigenvalue weighted by molar-refractivity contribution is -0.128. The van der Waals surface area contributed by atoms with Gasteiger partial charge in [-0.3, -0.25) is 14.3 Å². The van der Waals surface area contributed by atoms with Crippen LogP contribution in [0, 0.1) is 0 Å². The molecule has 0 unspecified atom stereocenters. The number of hydrogen-bond acceptors (Lipinski definition) is 8. The Kier molecular flexibility index (Phi) is 5.19. The van der Waals surface area contributed by atoms with Crippen molar-refractivity contribution in [2.45, 2.75) is 24.0 Å². The van der Waals surface area contributed by atoms with Gasteiger partial charge in [-0.15, -0.1) is 21.5 Å². The van der Waals surface area contributed by atoms with Crippen LogP contribution in [0.2, 0.25) is 0 Å². The number of thiophene rings is 1. The maximum absolute atomic E-state index is 12.8. The number of hydrogen-bond donors (Lipinski definition) is 0. The van der Waals surface area contributed by atoms with Crippen molar-refractivity contribution in [1.29, 1.82) is 0 Å². The van der Waals surface area contributed by atoms with Crippen LogP contribution in [-0.2, 0) is 4.79 Å². The first kappa shape index (κ1) is 18.6. The Balaban J connectivity index is 1.20. The van der Waals surface area contributed by atoms with E-state index in [2.05, 4.69) is 41.1 Å². The van der Waals surface area contributed by atoms with Crippen molar-refractivity contribution in [3.05, 3.63) is 36.1 Å². The molecule has 150 valence electrons. The number of carbonyl (C=O) groups excluding carboxylic acids is 1. The van der Waals surface area contributed by atoms with Gasteiger partial charge in [0.1, 0.15) is 5.82 Å². The van der Waals surface area contributed by atoms with Crippen molar-refractivity contribution in [2.24, 2.45) is 0 Å². The van der Waals surface area contributed by atoms with E-state index in [0.29, 0.717) is 24.9 Å². The molecule has 3 aromatic rings. The molecule has 1 aliphatic heterocycles. The highest BCUT2D eigenvalue weighted by Gasteiger charge is 2.31. The normalized spacial score (nSPS) is 17.0. The Bertz CT molecular complexity index is 964. The maximum Gasteiger partial charge on any atom is 0.233 e. The molecule has 0 bridgehead atoms. The van der Waals surface area contributed by atoms with Gasteiger partial charge in [0.2, 0.25) is 5.91 Å². The second-order valence-electron chi connectivity index (χ2n) is 7.10. The number of rotatable bonds is 6. The van der Waals surface area contributed by atoms with Crippen molar-refractivity contribution >= 4 is 34.8 Å². The number of anilines is 1. The second kappa shape index (κ2) is 8.11. The van der Waals surface area contributed by atoms with Crippen LogP contribution in [0.25, 0.3) is 10.7 Å². The zero-order chi connectivity index (χ0) is 19.6. The van der Waals surface area contributed by atoms with Gasteiger partial charge in [-0.1, -0.05) is 17.8 Å². The molecule has 1 saturated heterocycles. The van der Waals surface area contributed by atoms with Crippen molar-refractivity contribution in [1.82, 2.24) is 29.6 Å². The van der Waals surface area contributed by atoms with Crippen molar-refractivity contribution in [3.63, 3.8) is 0 Å². The zero-order valence-electron chi connectivity index (χ0n) is 15.8. The van der Waals surface area contributed by atoms with Gasteiger partial charge in [-0.25, -0.2) is 4.98 Å². The summed E-state index contributed by atoms with van der Waals surface area (Å²) < 4.78 is 2.22. The molecule has 0 spiro atoms. The molecule has 1 saturated carbocycles. The average Bonchev–Trinajstić information content (AvgIpc) is 3.29. The van der Waals surface area contributed by atoms with Gasteiger partial charge in [0.25, 0.3) is 0 Å². The first-order chi connectivity index (χ1) is 14.3. The van der Waals surface area contributed by atoms with Gasteiger partial charge in [0.15, 0.2) is 11.0 Å². The first-order valence-electron chi connectivity index (χ1n) is 9.70. The summed E-state index contributed by atoms with van der Waals surface area (Å²) in [6.45, 7) is 2.95. The smallest absolute Gasteiger partial charge is 0.233 e. The second-order valence-corrected chi connectivity index (χ2v) is 8.99. The Labute approximate surface area is 177 Å². The van der Waals surface area contributed by atoms with E-state index in [0.717, 1.165) is 47.6 Å². The summed E-state index contributed by atoms with van der Waals surface area (Å²) in [5.41, 5.74) is 0. The molecule has 0 radical (unpaired) electrons. The predicted octanol–water partition coefficient (Wildman–Crippen LogP) is 2.57. The first-order valence-corrected chi connectivity index (χ1v) is 11.6. The van der Waals surface area contributed by atoms with Crippen LogP contribution in [0.3, 0.4) is 0 Å². The molecule has 2 aliphatic rings. The van der Waals surface area contributed by atoms with E-state index in [1.54, 1.807) is 29.9 Å². The fraction of sp³-hybridized carbons (Fsp3) is 0.421. The molecule has 10 heteroatoms. The Hall–Kier alpha value is -2.46. The number of amides is 1. The molecule has 3 aromatic heterocycles. The number of aromatic nitrogens is 5. The minimum Gasteiger partial charge on any atom is -0.352 e. The summed E-state index contributed by atoms with van der Waals surface area (Å²) in [5, 5.41) is 11.7. The highest BCUT2D eigenvalue weighted by atomic mass is 32.2. The van der Waals surface area contributed by atoms with Gasteiger partial charge in [-0.2, -0.15) is 0 Å². The molecule has 8 nitrogen and oxygen atoms in total. The van der Waals surface area contributed by atoms with Crippen LogP contribution in [0.15, 0.2) is 41.3 Å². The van der Waals surface area contributed by atoms with E-state index in [1.807, 2.05) is 11.0 Å². The molecule has 29 heavy (non-hydrogen) atoms. The van der Waals surface area contributed by atoms with E-state index in [-0.39, 0.29) is 5.91 Å². The molecule has 5 rings (SSSR count). The Morgan fingerprint density at radius 2 is 2.03 bits per heavy atom. The summed E-state index contributed by atoms with van der Waals surface area (Å²) in [4.78, 5) is 26.4. The molecule has 0 N–H and O–H groups in total. The van der Waals surface area contributed by atoms with Crippen LogP contribution in [0.1, 0.15) is 18.9 Å². The minimum atomic E-state index is 0.150. The standard InChI is InChI=1S/C19H21N7OS2/c27-17(25-9-7-24(8-10-25)16-12-20-5-6-21-16)13-29-19-23-22-18(15-2-1-11-28-15)26(19)14-3-4-14/h1-2,5-6,11-12,14H,3-4,7-10,13H2. The summed E-state index contributed by atoms with van der Waals surface area (Å²) in [6, 6.07) is 4.57. The number of piperazine rings is 1. The molecule has 0 aromatic carbocycles. The quantitative estimate of drug-likeness (QED) is 0.559. The maximum atomic E-state index is 12.8. The fourth-order valence-electron chi connectivity index (χ4n) is 3.47. The van der Waals surface area contributed by atoms with Gasteiger partial charge in [0.05, 0.1) is 16.8 Å². The lowest BCUT2D eigenvalue weighted by Crippen LogP contribution is -2.49. The van der Waals surface area contributed by atoms with E-state index in [4.69, 9.17) is 0 Å². The van der Waals surface area contributed by atoms with E-state index < -0.39 is 0 Å². The summed E-state index contributed by atoms with van der Waals surface area (Å²) >= 11 is 3.17. The van der Waals surface area contributed by atoms with Crippen molar-refractivity contribution in [3.8, 4) is 10.7 Å². The molecule has 2 fully saturated rings. The SMILES string of the molecule is O=C(CSc1nnc(-c2cccs2)n1C1CC1)N1CCN(c2cnccn2)CC1. The predicted molar refractivity (Wildman–Crippen MR) is 113 cm³/mol. The molecular weight excluding hydrogens is 406 g/mol. The molecule has 1 aliphatic carbocycles. The summed E-state index contributed by atoms with van der Waals surface area (Å²) in [5.74, 6) is 2.33. The summed E-state index contributed by atoms with van der Waals surface area (Å²) in [7, 11) is 0. The Morgan fingerprint density at radius 1 is 1.17 bits per heavy atom. The topological polar surface area (TPSA) is 80.0 Å². The highest BCUT2D eigenvalue weighted by molar-refractivity contribution is 7.99. The van der Waals surface area contributed by atoms with E-state index in [9.17, 15) is 4.79 Å². The minimum absolute atomic E-state index is 0.150. The van der Waals surface area contributed by atoms with Gasteiger partial charge in [-0.05, 0) is 24.3 Å². The molecule has 0 atom stereocenters. The van der Waals surface area contributed by atoms with Gasteiger partial charge < -0.3 is 9.80 Å². The van der Waals surface area contributed by atoms with Crippen molar-refractivity contribution < 1.29 is 4.79 Å². The highest BCUT2D eigenvalue weighted by Crippen LogP contribution is 2.41. The number of thioether (sulfide) groups is 1. The fourth-order valence-corrected chi connectivity index (χ4v) is 5.08. The number of carbonyl (C=O) groups is 1. The molecular formula is C19H21N7OS2. The average molecular weight is 428 g/mol. The lowest BCUT2D eigenvalue weighted by atomic mass is 10.3. The van der Waals surface area contributed by atoms with E-state index >= 15 is 0 Å². The van der Waals surface area contributed by atoms with Crippen LogP contribution >= 0.6 is 23.1 Å². The number of nitrogens with zero attached hydrogens (tertiary/aromatic N) is 7. The lowest BCUT2D eigenvalue weighted by Gasteiger charge is -2.35. The van der Waals surface area contributed by atoms with Gasteiger partial charge in [0, 0.05) is 44.6 Å². The largest absolute Gasteiger partial charge is 0.352 e. The van der Waals surface area contributed by atoms with Crippen LogP contribution in [0.4, 0.5) is 5.82 Å². The monoisotopic (exact) mass is 427 g/mol. The van der Waals surface area contributed by atoms with Crippen LogP contribution in [0.5, 0.6) is 0 Å². The summed E-state index contributed by atoms with van der Waals surface area (Å²) in [6.07, 6.45) is 7.45. The van der Waals surface area contributed by atoms with E-state index in [1.165, 1.54) is 11.8 Å². The molecule has 1 amide bonds. The van der Waals surface area contributed by atoms with Crippen LogP contribution in [-0.4, -0.2) is 67.5 Å². The van der Waals surface area contributed by atoms with Crippen LogP contribution < -0.4 is 4.90 Å². The Morgan fingerprint density at radius 3 is 2.72 bits per heavy atom. The zero-order valence-corrected chi connectivity index (χ0v) is 17.5. The third-order valence-electron chi connectivity index (χ3n) is 5.15. The third-order valence-corrected chi connectivity index (χ3v) is 6.94. The van der Waals surface area contributed by atoms with Crippen molar-refractivity contribution in [2.75, 3.05) is 36.8 Å². The molecule has 4 heterocycles.